The number of hydrogen-bond donors (Lipinski definition) is 2. The second-order valence-corrected chi connectivity index (χ2v) is 12.9. The molecule has 2 aliphatic rings. The summed E-state index contributed by atoms with van der Waals surface area (Å²) >= 11 is 0. The van der Waals surface area contributed by atoms with Crippen LogP contribution in [0.5, 0.6) is 0 Å². The Morgan fingerprint density at radius 3 is 1.44 bits per heavy atom. The number of hydrogen-bond acceptors (Lipinski definition) is 2. The van der Waals surface area contributed by atoms with E-state index in [1.165, 1.54) is 11.1 Å². The van der Waals surface area contributed by atoms with E-state index in [0.717, 1.165) is 56.3 Å². The molecular weight excluding hydrogens is 484 g/mol. The zero-order chi connectivity index (χ0) is 28.2. The summed E-state index contributed by atoms with van der Waals surface area (Å²) in [6.07, 6.45) is 7.05. The third kappa shape index (κ3) is 6.42. The van der Waals surface area contributed by atoms with Crippen molar-refractivity contribution in [2.75, 3.05) is 22.9 Å². The minimum atomic E-state index is -0.216. The number of urea groups is 2. The smallest absolute Gasteiger partial charge is 0.322 e. The maximum absolute atomic E-state index is 13.2. The van der Waals surface area contributed by atoms with E-state index in [2.05, 4.69) is 88.6 Å². The maximum Gasteiger partial charge on any atom is 0.322 e. The number of para-hydroxylation sites is 2. The van der Waals surface area contributed by atoms with E-state index in [1.54, 1.807) is 0 Å². The fraction of sp³-hybridized carbons (Fsp3) is 0.576. The van der Waals surface area contributed by atoms with Crippen LogP contribution in [0.3, 0.4) is 0 Å². The highest BCUT2D eigenvalue weighted by atomic mass is 16.2. The Bertz CT molecular complexity index is 1070. The molecule has 2 aromatic rings. The van der Waals surface area contributed by atoms with E-state index in [9.17, 15) is 9.59 Å². The average Bonchev–Trinajstić information content (AvgIpc) is 2.86. The fourth-order valence-corrected chi connectivity index (χ4v) is 6.87. The van der Waals surface area contributed by atoms with Gasteiger partial charge in [0.1, 0.15) is 0 Å². The molecular formula is C33H48N4O2. The summed E-state index contributed by atoms with van der Waals surface area (Å²) < 4.78 is 0. The first-order valence-corrected chi connectivity index (χ1v) is 14.9. The molecule has 212 valence electrons. The lowest BCUT2D eigenvalue weighted by atomic mass is 9.80. The van der Waals surface area contributed by atoms with Crippen LogP contribution in [0.1, 0.15) is 109 Å². The number of carbonyl (C=O) groups excluding carboxylic acids is 2. The van der Waals surface area contributed by atoms with Gasteiger partial charge in [-0.25, -0.2) is 9.59 Å². The van der Waals surface area contributed by atoms with E-state index in [-0.39, 0.29) is 23.1 Å². The van der Waals surface area contributed by atoms with Crippen molar-refractivity contribution in [1.82, 2.24) is 10.6 Å². The number of benzene rings is 2. The molecule has 6 heteroatoms. The maximum atomic E-state index is 13.2. The number of unbranched alkanes of at least 4 members (excludes halogenated alkanes) is 4. The molecule has 39 heavy (non-hydrogen) atoms. The highest BCUT2D eigenvalue weighted by Gasteiger charge is 2.40. The van der Waals surface area contributed by atoms with Gasteiger partial charge < -0.3 is 10.6 Å². The van der Waals surface area contributed by atoms with Gasteiger partial charge in [0.2, 0.25) is 0 Å². The Kier molecular flexibility index (Phi) is 8.93. The van der Waals surface area contributed by atoms with Crippen molar-refractivity contribution in [2.24, 2.45) is 0 Å². The van der Waals surface area contributed by atoms with Crippen molar-refractivity contribution >= 4 is 23.4 Å². The van der Waals surface area contributed by atoms with Crippen molar-refractivity contribution in [3.05, 3.63) is 59.7 Å². The highest BCUT2D eigenvalue weighted by molar-refractivity contribution is 5.95. The number of anilines is 2. The molecule has 0 radical (unpaired) electrons. The van der Waals surface area contributed by atoms with Crippen LogP contribution in [-0.4, -0.2) is 36.2 Å². The molecule has 4 amide bonds. The minimum Gasteiger partial charge on any atom is -0.338 e. The second kappa shape index (κ2) is 12.0. The van der Waals surface area contributed by atoms with Gasteiger partial charge in [-0.15, -0.1) is 0 Å². The predicted molar refractivity (Wildman–Crippen MR) is 162 cm³/mol. The van der Waals surface area contributed by atoms with E-state index in [0.29, 0.717) is 24.9 Å². The van der Waals surface area contributed by atoms with E-state index in [4.69, 9.17) is 0 Å². The lowest BCUT2D eigenvalue weighted by molar-refractivity contribution is 0.235. The number of nitrogens with one attached hydrogen (secondary N) is 2. The van der Waals surface area contributed by atoms with E-state index in [1.807, 2.05) is 21.9 Å². The van der Waals surface area contributed by atoms with Crippen molar-refractivity contribution in [3.63, 3.8) is 0 Å². The van der Waals surface area contributed by atoms with Crippen LogP contribution < -0.4 is 20.4 Å². The summed E-state index contributed by atoms with van der Waals surface area (Å²) in [5, 5.41) is 6.32. The Labute approximate surface area is 235 Å². The standard InChI is InChI=1S/C33H48N4O2/c1-24-22-32(3,4)36(28-18-12-10-16-26(24)28)30(38)34-20-14-8-7-9-15-21-35-31(39)37-29-19-13-11-17-27(29)25(2)23-33(37,5)6/h10-13,16-19,24-25H,7-9,14-15,20-23H2,1-6H3,(H,34,38)(H,35,39). The van der Waals surface area contributed by atoms with Crippen LogP contribution in [0.2, 0.25) is 0 Å². The van der Waals surface area contributed by atoms with E-state index < -0.39 is 0 Å². The topological polar surface area (TPSA) is 64.7 Å². The summed E-state index contributed by atoms with van der Waals surface area (Å²) in [6, 6.07) is 16.6. The highest BCUT2D eigenvalue weighted by Crippen LogP contribution is 2.44. The Hall–Kier alpha value is -3.02. The fourth-order valence-electron chi connectivity index (χ4n) is 6.87. The first-order valence-electron chi connectivity index (χ1n) is 14.9. The number of fused-ring (bicyclic) bond motifs is 2. The van der Waals surface area contributed by atoms with Crippen molar-refractivity contribution in [2.45, 2.75) is 109 Å². The molecule has 2 heterocycles. The van der Waals surface area contributed by atoms with Crippen LogP contribution in [0.25, 0.3) is 0 Å². The van der Waals surface area contributed by atoms with Crippen molar-refractivity contribution in [1.29, 1.82) is 0 Å². The largest absolute Gasteiger partial charge is 0.338 e. The van der Waals surface area contributed by atoms with E-state index >= 15 is 0 Å². The molecule has 2 unspecified atom stereocenters. The van der Waals surface area contributed by atoms with Crippen LogP contribution in [0.4, 0.5) is 21.0 Å². The third-order valence-corrected chi connectivity index (χ3v) is 8.55. The quantitative estimate of drug-likeness (QED) is 0.339. The molecule has 0 saturated heterocycles. The van der Waals surface area contributed by atoms with Crippen molar-refractivity contribution in [3.8, 4) is 0 Å². The summed E-state index contributed by atoms with van der Waals surface area (Å²) in [4.78, 5) is 30.2. The minimum absolute atomic E-state index is 0.00123. The molecule has 0 saturated carbocycles. The molecule has 0 bridgehead atoms. The molecule has 2 aromatic carbocycles. The second-order valence-electron chi connectivity index (χ2n) is 12.9. The molecule has 2 atom stereocenters. The predicted octanol–water partition coefficient (Wildman–Crippen LogP) is 7.94. The first kappa shape index (κ1) is 29.0. The van der Waals surface area contributed by atoms with Gasteiger partial charge in [0.05, 0.1) is 0 Å². The van der Waals surface area contributed by atoms with Gasteiger partial charge in [0.15, 0.2) is 0 Å². The normalized spacial score (nSPS) is 21.1. The van der Waals surface area contributed by atoms with Gasteiger partial charge in [-0.1, -0.05) is 69.5 Å². The zero-order valence-corrected chi connectivity index (χ0v) is 24.8. The van der Waals surface area contributed by atoms with Gasteiger partial charge in [-0.3, -0.25) is 9.80 Å². The molecule has 2 N–H and O–H groups in total. The summed E-state index contributed by atoms with van der Waals surface area (Å²) in [5.74, 6) is 0.881. The number of nitrogens with zero attached hydrogens (tertiary/aromatic N) is 2. The SMILES string of the molecule is CC1CC(C)(C)N(C(=O)NCCCCCCCNC(=O)N2c3ccccc3C(C)CC2(C)C)c2ccccc21. The molecule has 0 aliphatic carbocycles. The zero-order valence-electron chi connectivity index (χ0n) is 24.8. The van der Waals surface area contributed by atoms with Gasteiger partial charge >= 0.3 is 12.1 Å². The molecule has 0 spiro atoms. The lowest BCUT2D eigenvalue weighted by Gasteiger charge is -2.45. The molecule has 6 nitrogen and oxygen atoms in total. The van der Waals surface area contributed by atoms with Crippen LogP contribution in [0, 0.1) is 0 Å². The number of carbonyl (C=O) groups is 2. The summed E-state index contributed by atoms with van der Waals surface area (Å²) in [6.45, 7) is 14.5. The molecule has 0 fully saturated rings. The first-order chi connectivity index (χ1) is 18.5. The third-order valence-electron chi connectivity index (χ3n) is 8.55. The number of amides is 4. The van der Waals surface area contributed by atoms with Gasteiger partial charge in [-0.2, -0.15) is 0 Å². The Morgan fingerprint density at radius 2 is 1.03 bits per heavy atom. The van der Waals surface area contributed by atoms with Crippen LogP contribution in [-0.2, 0) is 0 Å². The van der Waals surface area contributed by atoms with Crippen LogP contribution in [0.15, 0.2) is 48.5 Å². The van der Waals surface area contributed by atoms with Gasteiger partial charge in [-0.05, 0) is 88.5 Å². The summed E-state index contributed by atoms with van der Waals surface area (Å²) in [7, 11) is 0. The van der Waals surface area contributed by atoms with Crippen molar-refractivity contribution < 1.29 is 9.59 Å². The lowest BCUT2D eigenvalue weighted by Crippen LogP contribution is -2.55. The molecule has 4 rings (SSSR count). The molecule has 0 aromatic heterocycles. The monoisotopic (exact) mass is 532 g/mol. The number of rotatable bonds is 8. The Morgan fingerprint density at radius 1 is 0.667 bits per heavy atom. The van der Waals surface area contributed by atoms with Gasteiger partial charge in [0, 0.05) is 35.5 Å². The Balaban J connectivity index is 1.15. The summed E-state index contributed by atoms with van der Waals surface area (Å²) in [5.41, 5.74) is 4.14. The average molecular weight is 533 g/mol. The van der Waals surface area contributed by atoms with Crippen LogP contribution >= 0.6 is 0 Å². The molecule has 2 aliphatic heterocycles. The van der Waals surface area contributed by atoms with Gasteiger partial charge in [0.25, 0.3) is 0 Å².